The molecule has 0 aliphatic carbocycles. The monoisotopic (exact) mass is 379 g/mol. The summed E-state index contributed by atoms with van der Waals surface area (Å²) in [5, 5.41) is 10.2. The lowest BCUT2D eigenvalue weighted by Gasteiger charge is -2.33. The van der Waals surface area contributed by atoms with Crippen molar-refractivity contribution in [2.75, 3.05) is 34.5 Å². The van der Waals surface area contributed by atoms with E-state index >= 15 is 0 Å². The van der Waals surface area contributed by atoms with Gasteiger partial charge in [-0.3, -0.25) is 0 Å². The minimum absolute atomic E-state index is 0.0641. The first-order valence-corrected chi connectivity index (χ1v) is 9.38. The summed E-state index contributed by atoms with van der Waals surface area (Å²) in [5.41, 5.74) is 0.0977. The summed E-state index contributed by atoms with van der Waals surface area (Å²) in [7, 11) is 4.71. The highest BCUT2D eigenvalue weighted by Gasteiger charge is 2.38. The van der Waals surface area contributed by atoms with Crippen molar-refractivity contribution < 1.29 is 23.7 Å². The van der Waals surface area contributed by atoms with Crippen molar-refractivity contribution in [3.63, 3.8) is 0 Å². The Morgan fingerprint density at radius 2 is 1.48 bits per heavy atom. The molecule has 0 N–H and O–H groups in total. The molecule has 27 heavy (non-hydrogen) atoms. The number of hydrogen-bond donors (Lipinski definition) is 0. The topological polar surface area (TPSA) is 69.9 Å². The Hall–Kier alpha value is -1.97. The number of methoxy groups -OCH3 is 3. The molecule has 152 valence electrons. The number of benzene rings is 1. The van der Waals surface area contributed by atoms with Crippen molar-refractivity contribution in [1.82, 2.24) is 0 Å². The zero-order chi connectivity index (χ0) is 20.4. The largest absolute Gasteiger partial charge is 0.493 e. The second-order valence-electron chi connectivity index (χ2n) is 6.53. The minimum atomic E-state index is -0.737. The average Bonchev–Trinajstić information content (AvgIpc) is 2.67. The van der Waals surface area contributed by atoms with E-state index in [4.69, 9.17) is 23.7 Å². The summed E-state index contributed by atoms with van der Waals surface area (Å²) in [5.74, 6) is 1.66. The van der Waals surface area contributed by atoms with Gasteiger partial charge in [0.1, 0.15) is 0 Å². The van der Waals surface area contributed by atoms with Crippen molar-refractivity contribution in [2.24, 2.45) is 5.92 Å². The molecule has 0 amide bonds. The summed E-state index contributed by atoms with van der Waals surface area (Å²) < 4.78 is 27.7. The molecule has 0 aromatic heterocycles. The molecule has 0 fully saturated rings. The predicted molar refractivity (Wildman–Crippen MR) is 105 cm³/mol. The van der Waals surface area contributed by atoms with Gasteiger partial charge < -0.3 is 23.7 Å². The van der Waals surface area contributed by atoms with Crippen LogP contribution in [0.1, 0.15) is 46.1 Å². The number of nitrogens with zero attached hydrogens (tertiary/aromatic N) is 1. The van der Waals surface area contributed by atoms with Crippen LogP contribution in [0.3, 0.4) is 0 Å². The number of rotatable bonds is 12. The van der Waals surface area contributed by atoms with Crippen LogP contribution >= 0.6 is 0 Å². The number of hydrogen-bond acceptors (Lipinski definition) is 6. The van der Waals surface area contributed by atoms with Gasteiger partial charge in [0.15, 0.2) is 17.8 Å². The summed E-state index contributed by atoms with van der Waals surface area (Å²) in [6, 6.07) is 6.27. The van der Waals surface area contributed by atoms with Crippen LogP contribution in [0.2, 0.25) is 0 Å². The Morgan fingerprint density at radius 3 is 1.81 bits per heavy atom. The number of nitriles is 1. The Morgan fingerprint density at radius 1 is 0.963 bits per heavy atom. The summed E-state index contributed by atoms with van der Waals surface area (Å²) >= 11 is 0. The zero-order valence-electron chi connectivity index (χ0n) is 17.6. The molecule has 0 bridgehead atoms. The van der Waals surface area contributed by atoms with Crippen LogP contribution in [0.5, 0.6) is 17.2 Å². The summed E-state index contributed by atoms with van der Waals surface area (Å²) in [6.07, 6.45) is 0.877. The van der Waals surface area contributed by atoms with E-state index in [-0.39, 0.29) is 12.2 Å². The van der Waals surface area contributed by atoms with E-state index in [1.165, 1.54) is 0 Å². The van der Waals surface area contributed by atoms with Gasteiger partial charge in [0.2, 0.25) is 5.75 Å². The molecule has 1 aromatic carbocycles. The number of ether oxygens (including phenoxy) is 5. The van der Waals surface area contributed by atoms with Gasteiger partial charge in [-0.05, 0) is 43.9 Å². The molecule has 0 heterocycles. The van der Waals surface area contributed by atoms with E-state index in [2.05, 4.69) is 6.07 Å². The molecule has 1 unspecified atom stereocenters. The second-order valence-corrected chi connectivity index (χ2v) is 6.53. The molecule has 6 heteroatoms. The fourth-order valence-electron chi connectivity index (χ4n) is 3.29. The molecule has 0 saturated heterocycles. The third kappa shape index (κ3) is 5.27. The van der Waals surface area contributed by atoms with Gasteiger partial charge in [-0.2, -0.15) is 5.26 Å². The highest BCUT2D eigenvalue weighted by atomic mass is 16.7. The Kier molecular flexibility index (Phi) is 9.40. The summed E-state index contributed by atoms with van der Waals surface area (Å²) in [4.78, 5) is 0. The van der Waals surface area contributed by atoms with Gasteiger partial charge in [0.05, 0.1) is 32.8 Å². The third-order valence-corrected chi connectivity index (χ3v) is 4.84. The van der Waals surface area contributed by atoms with Gasteiger partial charge in [0, 0.05) is 19.6 Å². The molecule has 1 atom stereocenters. The van der Waals surface area contributed by atoms with Crippen LogP contribution in [0.4, 0.5) is 0 Å². The molecule has 0 saturated carbocycles. The SMILES string of the molecule is CCOC(CCC(C#N)(c1cc(OC)c(OC)c(OC)c1)C(C)C)OCC. The van der Waals surface area contributed by atoms with E-state index in [0.29, 0.717) is 43.3 Å². The average molecular weight is 379 g/mol. The molecule has 6 nitrogen and oxygen atoms in total. The quantitative estimate of drug-likeness (QED) is 0.504. The minimum Gasteiger partial charge on any atom is -0.493 e. The summed E-state index contributed by atoms with van der Waals surface area (Å²) in [6.45, 7) is 9.09. The van der Waals surface area contributed by atoms with Crippen molar-refractivity contribution in [3.05, 3.63) is 17.7 Å². The Balaban J connectivity index is 3.36. The second kappa shape index (κ2) is 11.0. The van der Waals surface area contributed by atoms with Crippen LogP contribution in [-0.4, -0.2) is 40.8 Å². The van der Waals surface area contributed by atoms with Crippen LogP contribution in [0.15, 0.2) is 12.1 Å². The molecular weight excluding hydrogens is 346 g/mol. The third-order valence-electron chi connectivity index (χ3n) is 4.84. The lowest BCUT2D eigenvalue weighted by Crippen LogP contribution is -2.33. The normalized spacial score (nSPS) is 13.3. The molecule has 1 aromatic rings. The fourth-order valence-corrected chi connectivity index (χ4v) is 3.29. The maximum Gasteiger partial charge on any atom is 0.203 e. The van der Waals surface area contributed by atoms with Crippen LogP contribution < -0.4 is 14.2 Å². The van der Waals surface area contributed by atoms with Crippen molar-refractivity contribution in [3.8, 4) is 23.3 Å². The maximum absolute atomic E-state index is 10.2. The van der Waals surface area contributed by atoms with E-state index in [0.717, 1.165) is 5.56 Å². The van der Waals surface area contributed by atoms with Crippen LogP contribution in [0, 0.1) is 17.2 Å². The van der Waals surface area contributed by atoms with Crippen molar-refractivity contribution in [1.29, 1.82) is 5.26 Å². The lowest BCUT2D eigenvalue weighted by molar-refractivity contribution is -0.141. The van der Waals surface area contributed by atoms with Crippen molar-refractivity contribution in [2.45, 2.75) is 52.2 Å². The first kappa shape index (κ1) is 23.1. The van der Waals surface area contributed by atoms with Crippen LogP contribution in [-0.2, 0) is 14.9 Å². The molecule has 0 spiro atoms. The molecule has 0 aliphatic rings. The highest BCUT2D eigenvalue weighted by molar-refractivity contribution is 5.56. The van der Waals surface area contributed by atoms with Gasteiger partial charge >= 0.3 is 0 Å². The lowest BCUT2D eigenvalue weighted by atomic mass is 9.69. The van der Waals surface area contributed by atoms with E-state index in [1.807, 2.05) is 39.8 Å². The van der Waals surface area contributed by atoms with Gasteiger partial charge in [0.25, 0.3) is 0 Å². The molecule has 0 aliphatic heterocycles. The van der Waals surface area contributed by atoms with Crippen molar-refractivity contribution >= 4 is 0 Å². The van der Waals surface area contributed by atoms with E-state index in [9.17, 15) is 5.26 Å². The zero-order valence-corrected chi connectivity index (χ0v) is 17.6. The van der Waals surface area contributed by atoms with E-state index < -0.39 is 5.41 Å². The standard InChI is InChI=1S/C21H33NO5/c1-8-26-19(27-9-2)10-11-21(14-22,15(3)4)16-12-17(23-5)20(25-7)18(13-16)24-6/h12-13,15,19H,8-11H2,1-7H3. The predicted octanol–water partition coefficient (Wildman–Crippen LogP) is 4.31. The Labute approximate surface area is 163 Å². The Bertz CT molecular complexity index is 594. The van der Waals surface area contributed by atoms with Gasteiger partial charge in [-0.25, -0.2) is 0 Å². The maximum atomic E-state index is 10.2. The highest BCUT2D eigenvalue weighted by Crippen LogP contribution is 2.45. The smallest absolute Gasteiger partial charge is 0.203 e. The molecule has 0 radical (unpaired) electrons. The first-order valence-electron chi connectivity index (χ1n) is 9.38. The molecule has 1 rings (SSSR count). The van der Waals surface area contributed by atoms with E-state index in [1.54, 1.807) is 21.3 Å². The van der Waals surface area contributed by atoms with Gasteiger partial charge in [-0.15, -0.1) is 0 Å². The molecular formula is C21H33NO5. The van der Waals surface area contributed by atoms with Gasteiger partial charge in [-0.1, -0.05) is 13.8 Å². The van der Waals surface area contributed by atoms with Crippen LogP contribution in [0.25, 0.3) is 0 Å². The fraction of sp³-hybridized carbons (Fsp3) is 0.667. The first-order chi connectivity index (χ1) is 12.9.